The summed E-state index contributed by atoms with van der Waals surface area (Å²) in [6, 6.07) is 17.8. The second-order valence-corrected chi connectivity index (χ2v) is 7.63. The topological polar surface area (TPSA) is 77.0 Å². The van der Waals surface area contributed by atoms with Crippen molar-refractivity contribution in [1.82, 2.24) is 10.6 Å². The van der Waals surface area contributed by atoms with Crippen molar-refractivity contribution in [3.63, 3.8) is 0 Å². The van der Waals surface area contributed by atoms with Crippen LogP contribution in [0.1, 0.15) is 24.8 Å². The lowest BCUT2D eigenvalue weighted by Crippen LogP contribution is -2.44. The zero-order chi connectivity index (χ0) is 20.9. The first-order valence-electron chi connectivity index (χ1n) is 10.4. The van der Waals surface area contributed by atoms with Crippen molar-refractivity contribution in [2.45, 2.75) is 31.8 Å². The summed E-state index contributed by atoms with van der Waals surface area (Å²) in [4.78, 5) is 32.2. The Kier molecular flexibility index (Phi) is 5.97. The Labute approximate surface area is 176 Å². The Morgan fingerprint density at radius 3 is 2.40 bits per heavy atom. The highest BCUT2D eigenvalue weighted by molar-refractivity contribution is 5.97. The molecule has 0 aliphatic carbocycles. The molecule has 1 unspecified atom stereocenters. The van der Waals surface area contributed by atoms with Gasteiger partial charge in [-0.25, -0.2) is 0 Å². The number of guanidine groups is 1. The quantitative estimate of drug-likeness (QED) is 0.591. The molecule has 156 valence electrons. The molecular weight excluding hydrogens is 378 g/mol. The summed E-state index contributed by atoms with van der Waals surface area (Å²) >= 11 is 0. The molecule has 2 saturated heterocycles. The minimum Gasteiger partial charge on any atom is -0.352 e. The summed E-state index contributed by atoms with van der Waals surface area (Å²) in [6.45, 7) is 2.02. The second-order valence-electron chi connectivity index (χ2n) is 7.63. The Morgan fingerprint density at radius 1 is 1.00 bits per heavy atom. The standard InChI is InChI=1S/C23H27N5O2/c1-24-23(26-18-14-22(30)28(16-18)19-6-3-2-4-7-19)25-15-17-9-11-20(12-10-17)27-13-5-8-21(27)29/h2-4,6-7,9-12,18H,5,8,13-16H2,1H3,(H2,24,25,26). The zero-order valence-corrected chi connectivity index (χ0v) is 17.2. The van der Waals surface area contributed by atoms with Crippen molar-refractivity contribution < 1.29 is 9.59 Å². The smallest absolute Gasteiger partial charge is 0.229 e. The van der Waals surface area contributed by atoms with Gasteiger partial charge in [-0.3, -0.25) is 14.6 Å². The number of nitrogens with one attached hydrogen (secondary N) is 2. The number of hydrogen-bond acceptors (Lipinski definition) is 3. The number of aliphatic imine (C=N–C) groups is 1. The second kappa shape index (κ2) is 8.98. The van der Waals surface area contributed by atoms with Crippen molar-refractivity contribution in [2.75, 3.05) is 29.9 Å². The Hall–Kier alpha value is -3.35. The van der Waals surface area contributed by atoms with E-state index in [1.165, 1.54) is 0 Å². The molecule has 2 heterocycles. The highest BCUT2D eigenvalue weighted by Crippen LogP contribution is 2.22. The van der Waals surface area contributed by atoms with Crippen LogP contribution in [-0.2, 0) is 16.1 Å². The van der Waals surface area contributed by atoms with Crippen LogP contribution in [0.5, 0.6) is 0 Å². The molecule has 7 heteroatoms. The van der Waals surface area contributed by atoms with Crippen LogP contribution in [-0.4, -0.2) is 44.0 Å². The van der Waals surface area contributed by atoms with Crippen LogP contribution in [0.4, 0.5) is 11.4 Å². The molecule has 0 radical (unpaired) electrons. The van der Waals surface area contributed by atoms with Crippen LogP contribution in [0.2, 0.25) is 0 Å². The maximum absolute atomic E-state index is 12.4. The van der Waals surface area contributed by atoms with Gasteiger partial charge in [-0.2, -0.15) is 0 Å². The van der Waals surface area contributed by atoms with E-state index in [9.17, 15) is 9.59 Å². The zero-order valence-electron chi connectivity index (χ0n) is 17.2. The van der Waals surface area contributed by atoms with Crippen molar-refractivity contribution in [2.24, 2.45) is 4.99 Å². The van der Waals surface area contributed by atoms with Gasteiger partial charge in [0.25, 0.3) is 0 Å². The van der Waals surface area contributed by atoms with Gasteiger partial charge in [0.2, 0.25) is 11.8 Å². The predicted octanol–water partition coefficient (Wildman–Crippen LogP) is 2.28. The summed E-state index contributed by atoms with van der Waals surface area (Å²) < 4.78 is 0. The fraction of sp³-hybridized carbons (Fsp3) is 0.348. The van der Waals surface area contributed by atoms with E-state index in [0.29, 0.717) is 31.9 Å². The molecule has 2 aromatic carbocycles. The average molecular weight is 406 g/mol. The number of benzene rings is 2. The summed E-state index contributed by atoms with van der Waals surface area (Å²) in [6.07, 6.45) is 2.00. The van der Waals surface area contributed by atoms with Gasteiger partial charge in [0.05, 0.1) is 6.04 Å². The Bertz CT molecular complexity index is 926. The Balaban J connectivity index is 1.30. The fourth-order valence-corrected chi connectivity index (χ4v) is 3.95. The number of para-hydroxylation sites is 1. The first-order valence-corrected chi connectivity index (χ1v) is 10.4. The van der Waals surface area contributed by atoms with E-state index in [2.05, 4.69) is 15.6 Å². The Morgan fingerprint density at radius 2 is 1.73 bits per heavy atom. The summed E-state index contributed by atoms with van der Waals surface area (Å²) in [5, 5.41) is 6.66. The van der Waals surface area contributed by atoms with Gasteiger partial charge in [0, 0.05) is 50.9 Å². The van der Waals surface area contributed by atoms with Gasteiger partial charge in [-0.15, -0.1) is 0 Å². The van der Waals surface area contributed by atoms with Crippen LogP contribution in [0.15, 0.2) is 59.6 Å². The van der Waals surface area contributed by atoms with Crippen molar-refractivity contribution in [1.29, 1.82) is 0 Å². The highest BCUT2D eigenvalue weighted by atomic mass is 16.2. The van der Waals surface area contributed by atoms with Crippen LogP contribution in [0, 0.1) is 0 Å². The van der Waals surface area contributed by atoms with Gasteiger partial charge in [-0.1, -0.05) is 30.3 Å². The number of rotatable bonds is 5. The molecule has 2 aromatic rings. The minimum absolute atomic E-state index is 0.00691. The summed E-state index contributed by atoms with van der Waals surface area (Å²) in [5.41, 5.74) is 2.97. The van der Waals surface area contributed by atoms with Crippen LogP contribution in [0.3, 0.4) is 0 Å². The third kappa shape index (κ3) is 4.45. The van der Waals surface area contributed by atoms with E-state index in [1.54, 1.807) is 7.05 Å². The van der Waals surface area contributed by atoms with E-state index in [-0.39, 0.29) is 17.9 Å². The molecule has 0 spiro atoms. The largest absolute Gasteiger partial charge is 0.352 e. The van der Waals surface area contributed by atoms with Gasteiger partial charge in [-0.05, 0) is 36.2 Å². The number of amides is 2. The predicted molar refractivity (Wildman–Crippen MR) is 119 cm³/mol. The first-order chi connectivity index (χ1) is 14.6. The van der Waals surface area contributed by atoms with Gasteiger partial charge < -0.3 is 20.4 Å². The molecule has 0 saturated carbocycles. The molecule has 0 bridgehead atoms. The van der Waals surface area contributed by atoms with E-state index < -0.39 is 0 Å². The normalized spacial score (nSPS) is 19.5. The van der Waals surface area contributed by atoms with E-state index in [4.69, 9.17) is 0 Å². The number of carbonyl (C=O) groups excluding carboxylic acids is 2. The van der Waals surface area contributed by atoms with E-state index in [1.807, 2.05) is 64.4 Å². The lowest BCUT2D eigenvalue weighted by Gasteiger charge is -2.19. The summed E-state index contributed by atoms with van der Waals surface area (Å²) in [5.74, 6) is 0.976. The fourth-order valence-electron chi connectivity index (χ4n) is 3.95. The van der Waals surface area contributed by atoms with E-state index in [0.717, 1.165) is 29.9 Å². The molecule has 2 fully saturated rings. The van der Waals surface area contributed by atoms with Gasteiger partial charge >= 0.3 is 0 Å². The van der Waals surface area contributed by atoms with Gasteiger partial charge in [0.15, 0.2) is 5.96 Å². The maximum atomic E-state index is 12.4. The molecule has 1 atom stereocenters. The van der Waals surface area contributed by atoms with Gasteiger partial charge in [0.1, 0.15) is 0 Å². The molecule has 2 amide bonds. The highest BCUT2D eigenvalue weighted by Gasteiger charge is 2.31. The number of carbonyl (C=O) groups is 2. The lowest BCUT2D eigenvalue weighted by atomic mass is 10.2. The molecular formula is C23H27N5O2. The third-order valence-electron chi connectivity index (χ3n) is 5.54. The molecule has 4 rings (SSSR count). The van der Waals surface area contributed by atoms with Crippen LogP contribution in [0.25, 0.3) is 0 Å². The maximum Gasteiger partial charge on any atom is 0.229 e. The van der Waals surface area contributed by atoms with Crippen molar-refractivity contribution in [3.05, 3.63) is 60.2 Å². The van der Waals surface area contributed by atoms with Crippen molar-refractivity contribution >= 4 is 29.1 Å². The third-order valence-corrected chi connectivity index (χ3v) is 5.54. The van der Waals surface area contributed by atoms with E-state index >= 15 is 0 Å². The van der Waals surface area contributed by atoms with Crippen LogP contribution < -0.4 is 20.4 Å². The van der Waals surface area contributed by atoms with Crippen molar-refractivity contribution in [3.8, 4) is 0 Å². The lowest BCUT2D eigenvalue weighted by molar-refractivity contribution is -0.117. The molecule has 0 aromatic heterocycles. The SMILES string of the molecule is CN=C(NCc1ccc(N2CCCC2=O)cc1)NC1CC(=O)N(c2ccccc2)C1. The first kappa shape index (κ1) is 19.9. The molecule has 2 aliphatic heterocycles. The molecule has 2 aliphatic rings. The molecule has 2 N–H and O–H groups in total. The monoisotopic (exact) mass is 405 g/mol. The number of anilines is 2. The molecule has 30 heavy (non-hydrogen) atoms. The average Bonchev–Trinajstić information content (AvgIpc) is 3.37. The van der Waals surface area contributed by atoms with Crippen LogP contribution >= 0.6 is 0 Å². The minimum atomic E-state index is 0.00691. The molecule has 7 nitrogen and oxygen atoms in total. The number of hydrogen-bond donors (Lipinski definition) is 2. The number of nitrogens with zero attached hydrogens (tertiary/aromatic N) is 3. The summed E-state index contributed by atoms with van der Waals surface area (Å²) in [7, 11) is 1.73.